The van der Waals surface area contributed by atoms with E-state index < -0.39 is 62.6 Å². The maximum atomic E-state index is 11.9. The quantitative estimate of drug-likeness (QED) is 0.134. The number of hydrogen-bond acceptors (Lipinski definition) is 12. The summed E-state index contributed by atoms with van der Waals surface area (Å²) in [5.74, 6) is -0.498. The van der Waals surface area contributed by atoms with Crippen molar-refractivity contribution in [2.75, 3.05) is 0 Å². The summed E-state index contributed by atoms with van der Waals surface area (Å²) in [5.41, 5.74) is -1.07. The first-order valence-electron chi connectivity index (χ1n) is 10.1. The molecular weight excluding hydrogens is 548 g/mol. The number of nitrogens with zero attached hydrogens (tertiary/aromatic N) is 6. The number of aromatic nitrogens is 4. The fraction of sp³-hybridized carbons (Fsp3) is 0.0500. The Morgan fingerprint density at radius 3 is 2.05 bits per heavy atom. The first kappa shape index (κ1) is 26.4. The fourth-order valence-electron chi connectivity index (χ4n) is 3.38. The van der Waals surface area contributed by atoms with E-state index >= 15 is 0 Å². The zero-order valence-electron chi connectivity index (χ0n) is 18.9. The van der Waals surface area contributed by atoms with Crippen LogP contribution in [-0.4, -0.2) is 50.8 Å². The van der Waals surface area contributed by atoms with Crippen molar-refractivity contribution in [3.63, 3.8) is 0 Å². The van der Waals surface area contributed by atoms with E-state index in [2.05, 4.69) is 10.2 Å². The largest absolute Gasteiger partial charge is 0.744 e. The molecule has 0 saturated carbocycles. The number of hydrogen-bond donors (Lipinski definition) is 0. The zero-order chi connectivity index (χ0) is 28.0. The zero-order valence-corrected chi connectivity index (χ0v) is 20.5. The summed E-state index contributed by atoms with van der Waals surface area (Å²) < 4.78 is 70.0. The van der Waals surface area contributed by atoms with Gasteiger partial charge in [0.05, 0.1) is 36.4 Å². The molecule has 4 aromatic rings. The van der Waals surface area contributed by atoms with Gasteiger partial charge in [-0.2, -0.15) is 0 Å². The molecule has 38 heavy (non-hydrogen) atoms. The lowest BCUT2D eigenvalue weighted by atomic mass is 10.2. The second kappa shape index (κ2) is 9.34. The lowest BCUT2D eigenvalue weighted by Crippen LogP contribution is -2.43. The van der Waals surface area contributed by atoms with E-state index in [4.69, 9.17) is 0 Å². The van der Waals surface area contributed by atoms with Gasteiger partial charge < -0.3 is 9.11 Å². The van der Waals surface area contributed by atoms with Crippen LogP contribution >= 0.6 is 0 Å². The molecule has 4 rings (SSSR count). The van der Waals surface area contributed by atoms with Gasteiger partial charge in [0, 0.05) is 16.9 Å². The summed E-state index contributed by atoms with van der Waals surface area (Å²) in [6.07, 6.45) is 0. The molecule has 0 bridgehead atoms. The van der Waals surface area contributed by atoms with Crippen molar-refractivity contribution in [2.24, 2.45) is 0 Å². The third-order valence-electron chi connectivity index (χ3n) is 5.16. The molecular formula is C20H13N6O10S2-. The standard InChI is InChI=1S/C20H14N6O10S2/c1-12-2-4-13(5-3-12)23-21-20(16-8-7-15(37(31,32)33)11-19(16)38(34,35)36)22-24(23)17-9-6-14(25(27)28)10-18(17)26(29)30/h2-11H,1H3,(H-,31,32,33,34,35,36)/p-1. The van der Waals surface area contributed by atoms with Gasteiger partial charge in [-0.05, 0) is 47.2 Å². The van der Waals surface area contributed by atoms with Gasteiger partial charge in [-0.3, -0.25) is 20.2 Å². The Morgan fingerprint density at radius 2 is 1.50 bits per heavy atom. The highest BCUT2D eigenvalue weighted by Gasteiger charge is 2.32. The number of aryl methyl sites for hydroxylation is 1. The molecule has 0 radical (unpaired) electrons. The molecule has 3 aromatic carbocycles. The van der Waals surface area contributed by atoms with Gasteiger partial charge in [-0.25, -0.2) is 16.8 Å². The second-order valence-electron chi connectivity index (χ2n) is 7.69. The van der Waals surface area contributed by atoms with Crippen molar-refractivity contribution in [3.8, 4) is 22.8 Å². The third-order valence-corrected chi connectivity index (χ3v) is 6.86. The number of rotatable bonds is 7. The normalized spacial score (nSPS) is 11.9. The van der Waals surface area contributed by atoms with Gasteiger partial charge in [0.1, 0.15) is 25.9 Å². The monoisotopic (exact) mass is 561 g/mol. The molecule has 0 saturated heterocycles. The fourth-order valence-corrected chi connectivity index (χ4v) is 4.65. The van der Waals surface area contributed by atoms with Crippen molar-refractivity contribution in [2.45, 2.75) is 16.7 Å². The minimum absolute atomic E-state index is 0.257. The summed E-state index contributed by atoms with van der Waals surface area (Å²) in [6, 6.07) is 11.0. The Labute approximate surface area is 213 Å². The molecule has 0 aliphatic carbocycles. The molecule has 0 N–H and O–H groups in total. The summed E-state index contributed by atoms with van der Waals surface area (Å²) in [7, 11) is -10.5. The molecule has 0 fully saturated rings. The van der Waals surface area contributed by atoms with Crippen LogP contribution in [0.3, 0.4) is 0 Å². The predicted octanol–water partition coefficient (Wildman–Crippen LogP) is 1.14. The highest BCUT2D eigenvalue weighted by molar-refractivity contribution is 7.86. The lowest BCUT2D eigenvalue weighted by molar-refractivity contribution is -0.736. The number of nitro benzene ring substituents is 2. The van der Waals surface area contributed by atoms with E-state index in [-0.39, 0.29) is 11.4 Å². The van der Waals surface area contributed by atoms with Crippen LogP contribution in [0.25, 0.3) is 22.8 Å². The minimum atomic E-state index is -5.37. The van der Waals surface area contributed by atoms with E-state index in [1.54, 1.807) is 31.2 Å². The van der Waals surface area contributed by atoms with Gasteiger partial charge >= 0.3 is 11.5 Å². The van der Waals surface area contributed by atoms with Gasteiger partial charge in [-0.15, -0.1) is 0 Å². The van der Waals surface area contributed by atoms with Crippen molar-refractivity contribution in [1.82, 2.24) is 15.0 Å². The average Bonchev–Trinajstić information content (AvgIpc) is 3.27. The van der Waals surface area contributed by atoms with Crippen LogP contribution in [0.1, 0.15) is 5.56 Å². The van der Waals surface area contributed by atoms with Crippen molar-refractivity contribution in [1.29, 1.82) is 0 Å². The molecule has 0 atom stereocenters. The number of benzene rings is 3. The molecule has 16 nitrogen and oxygen atoms in total. The van der Waals surface area contributed by atoms with Crippen LogP contribution in [0.15, 0.2) is 70.5 Å². The summed E-state index contributed by atoms with van der Waals surface area (Å²) >= 11 is 0. The average molecular weight is 561 g/mol. The first-order valence-corrected chi connectivity index (χ1v) is 12.9. The second-order valence-corrected chi connectivity index (χ2v) is 10.4. The number of nitro groups is 2. The van der Waals surface area contributed by atoms with Crippen LogP contribution in [0, 0.1) is 27.2 Å². The molecule has 0 aliphatic heterocycles. The topological polar surface area (TPSA) is 235 Å². The molecule has 196 valence electrons. The highest BCUT2D eigenvalue weighted by atomic mass is 32.2. The minimum Gasteiger partial charge on any atom is -0.744 e. The Kier molecular flexibility index (Phi) is 6.49. The smallest absolute Gasteiger partial charge is 0.341 e. The summed E-state index contributed by atoms with van der Waals surface area (Å²) in [5, 5.41) is 31.2. The molecule has 18 heteroatoms. The summed E-state index contributed by atoms with van der Waals surface area (Å²) in [6.45, 7) is 1.78. The number of non-ortho nitro benzene ring substituents is 1. The van der Waals surface area contributed by atoms with E-state index in [1.807, 2.05) is 0 Å². The van der Waals surface area contributed by atoms with E-state index in [0.29, 0.717) is 12.1 Å². The predicted molar refractivity (Wildman–Crippen MR) is 122 cm³/mol. The maximum absolute atomic E-state index is 11.9. The molecule has 0 unspecified atom stereocenters. The Hall–Kier alpha value is -4.65. The molecule has 0 amide bonds. The van der Waals surface area contributed by atoms with Crippen LogP contribution in [0.2, 0.25) is 0 Å². The first-order chi connectivity index (χ1) is 17.7. The van der Waals surface area contributed by atoms with Gasteiger partial charge in [0.2, 0.25) is 0 Å². The highest BCUT2D eigenvalue weighted by Crippen LogP contribution is 2.29. The van der Waals surface area contributed by atoms with Gasteiger partial charge in [0.15, 0.2) is 0 Å². The maximum Gasteiger partial charge on any atom is 0.341 e. The van der Waals surface area contributed by atoms with Crippen LogP contribution in [-0.2, 0) is 20.2 Å². The summed E-state index contributed by atoms with van der Waals surface area (Å²) in [4.78, 5) is 20.9. The molecule has 1 heterocycles. The van der Waals surface area contributed by atoms with E-state index in [9.17, 15) is 46.2 Å². The van der Waals surface area contributed by atoms with Crippen LogP contribution in [0.4, 0.5) is 11.4 Å². The van der Waals surface area contributed by atoms with E-state index in [0.717, 1.165) is 39.4 Å². The van der Waals surface area contributed by atoms with Crippen molar-refractivity contribution < 1.29 is 40.6 Å². The Balaban J connectivity index is 2.06. The third kappa shape index (κ3) is 5.09. The SMILES string of the molecule is Cc1ccc(-n2nc(-c3ccc(S(=O)(=O)[O-])cc3S(=O)(=O)[O-])n[n+]2-c2ccc([N+](=O)[O-])cc2[N+](=O)[O-])cc1. The van der Waals surface area contributed by atoms with Gasteiger partial charge in [0.25, 0.3) is 11.4 Å². The van der Waals surface area contributed by atoms with E-state index in [1.165, 1.54) is 0 Å². The van der Waals surface area contributed by atoms with Crippen molar-refractivity contribution >= 4 is 31.6 Å². The molecule has 1 aromatic heterocycles. The number of tetrazole rings is 1. The molecule has 0 spiro atoms. The lowest BCUT2D eigenvalue weighted by Gasteiger charge is -2.13. The van der Waals surface area contributed by atoms with Crippen LogP contribution < -0.4 is 4.80 Å². The Morgan fingerprint density at radius 1 is 0.842 bits per heavy atom. The van der Waals surface area contributed by atoms with Gasteiger partial charge in [-0.1, -0.05) is 17.7 Å². The Bertz CT molecular complexity index is 1830. The van der Waals surface area contributed by atoms with Crippen molar-refractivity contribution in [3.05, 3.63) is 86.5 Å². The van der Waals surface area contributed by atoms with Crippen LogP contribution in [0.5, 0.6) is 0 Å². The molecule has 0 aliphatic rings.